The summed E-state index contributed by atoms with van der Waals surface area (Å²) < 4.78 is 5.19. The van der Waals surface area contributed by atoms with Gasteiger partial charge in [-0.3, -0.25) is 4.79 Å². The number of alkyl halides is 1. The van der Waals surface area contributed by atoms with Gasteiger partial charge in [0.25, 0.3) is 5.91 Å². The largest absolute Gasteiger partial charge is 0.508 e. The first-order chi connectivity index (χ1) is 8.65. The fraction of sp³-hybridized carbons (Fsp3) is 0.462. The molecule has 1 amide bonds. The predicted molar refractivity (Wildman–Crippen MR) is 71.3 cm³/mol. The topological polar surface area (TPSA) is 58.6 Å². The lowest BCUT2D eigenvalue weighted by Gasteiger charge is -2.08. The van der Waals surface area contributed by atoms with E-state index in [4.69, 9.17) is 16.3 Å². The highest BCUT2D eigenvalue weighted by molar-refractivity contribution is 6.17. The van der Waals surface area contributed by atoms with Gasteiger partial charge in [0.1, 0.15) is 5.75 Å². The van der Waals surface area contributed by atoms with Crippen molar-refractivity contribution in [3.63, 3.8) is 0 Å². The summed E-state index contributed by atoms with van der Waals surface area (Å²) in [5, 5.41) is 12.1. The van der Waals surface area contributed by atoms with Crippen LogP contribution in [0.25, 0.3) is 0 Å². The predicted octanol–water partition coefficient (Wildman–Crippen LogP) is 2.08. The Morgan fingerprint density at radius 1 is 1.44 bits per heavy atom. The number of aryl methyl sites for hydroxylation is 1. The number of amides is 1. The van der Waals surface area contributed by atoms with Gasteiger partial charge >= 0.3 is 0 Å². The second kappa shape index (κ2) is 7.95. The monoisotopic (exact) mass is 271 g/mol. The number of aromatic hydroxyl groups is 1. The van der Waals surface area contributed by atoms with Crippen molar-refractivity contribution < 1.29 is 14.6 Å². The van der Waals surface area contributed by atoms with E-state index < -0.39 is 0 Å². The van der Waals surface area contributed by atoms with E-state index >= 15 is 0 Å². The minimum absolute atomic E-state index is 0.134. The van der Waals surface area contributed by atoms with Crippen molar-refractivity contribution in [2.75, 3.05) is 25.6 Å². The molecule has 1 aromatic carbocycles. The summed E-state index contributed by atoms with van der Waals surface area (Å²) >= 11 is 5.46. The van der Waals surface area contributed by atoms with Crippen molar-refractivity contribution in [1.29, 1.82) is 0 Å². The number of halogens is 1. The average molecular weight is 272 g/mol. The molecule has 0 atom stereocenters. The zero-order valence-electron chi connectivity index (χ0n) is 10.4. The minimum atomic E-state index is -0.134. The maximum Gasteiger partial charge on any atom is 0.251 e. The molecule has 1 aromatic rings. The van der Waals surface area contributed by atoms with E-state index in [2.05, 4.69) is 5.32 Å². The molecule has 0 aliphatic rings. The number of carbonyl (C=O) groups excluding carboxylic acids is 1. The van der Waals surface area contributed by atoms with Crippen LogP contribution in [0.1, 0.15) is 22.3 Å². The zero-order chi connectivity index (χ0) is 13.4. The summed E-state index contributed by atoms with van der Waals surface area (Å²) in [6.07, 6.45) is 0.750. The first-order valence-electron chi connectivity index (χ1n) is 5.86. The molecule has 0 aliphatic heterocycles. The van der Waals surface area contributed by atoms with Crippen LogP contribution < -0.4 is 5.32 Å². The number of nitrogens with one attached hydrogen (secondary N) is 1. The van der Waals surface area contributed by atoms with Crippen molar-refractivity contribution in [3.05, 3.63) is 29.3 Å². The van der Waals surface area contributed by atoms with Gasteiger partial charge in [0.05, 0.1) is 6.61 Å². The van der Waals surface area contributed by atoms with Gasteiger partial charge in [-0.25, -0.2) is 0 Å². The lowest BCUT2D eigenvalue weighted by Crippen LogP contribution is -2.26. The second-order valence-electron chi connectivity index (χ2n) is 3.91. The van der Waals surface area contributed by atoms with E-state index in [9.17, 15) is 9.90 Å². The molecule has 0 radical (unpaired) electrons. The van der Waals surface area contributed by atoms with Crippen LogP contribution in [0.4, 0.5) is 0 Å². The number of hydrogen-bond donors (Lipinski definition) is 2. The molecule has 0 saturated heterocycles. The minimum Gasteiger partial charge on any atom is -0.508 e. The fourth-order valence-corrected chi connectivity index (χ4v) is 1.64. The smallest absolute Gasteiger partial charge is 0.251 e. The van der Waals surface area contributed by atoms with Gasteiger partial charge in [-0.2, -0.15) is 0 Å². The number of benzene rings is 1. The van der Waals surface area contributed by atoms with Crippen molar-refractivity contribution in [2.45, 2.75) is 13.3 Å². The summed E-state index contributed by atoms with van der Waals surface area (Å²) in [6.45, 7) is 3.47. The summed E-state index contributed by atoms with van der Waals surface area (Å²) in [6, 6.07) is 4.69. The number of phenols is 1. The maximum atomic E-state index is 11.8. The highest BCUT2D eigenvalue weighted by Gasteiger charge is 2.08. The van der Waals surface area contributed by atoms with E-state index in [0.29, 0.717) is 31.2 Å². The molecule has 0 heterocycles. The molecule has 100 valence electrons. The Labute approximate surface area is 112 Å². The van der Waals surface area contributed by atoms with E-state index in [0.717, 1.165) is 12.0 Å². The lowest BCUT2D eigenvalue weighted by atomic mass is 10.1. The Morgan fingerprint density at radius 3 is 2.89 bits per heavy atom. The van der Waals surface area contributed by atoms with Gasteiger partial charge in [0.15, 0.2) is 0 Å². The van der Waals surface area contributed by atoms with Crippen LogP contribution in [0.15, 0.2) is 18.2 Å². The van der Waals surface area contributed by atoms with Crippen LogP contribution in [0.2, 0.25) is 0 Å². The summed E-state index contributed by atoms with van der Waals surface area (Å²) in [5.74, 6) is 0.516. The van der Waals surface area contributed by atoms with Crippen LogP contribution in [0.3, 0.4) is 0 Å². The Kier molecular flexibility index (Phi) is 6.54. The van der Waals surface area contributed by atoms with Gasteiger partial charge in [-0.15, -0.1) is 11.6 Å². The molecule has 0 aliphatic carbocycles. The van der Waals surface area contributed by atoms with E-state index in [-0.39, 0.29) is 11.7 Å². The normalized spacial score (nSPS) is 10.3. The van der Waals surface area contributed by atoms with Crippen LogP contribution >= 0.6 is 11.6 Å². The lowest BCUT2D eigenvalue weighted by molar-refractivity contribution is 0.0944. The van der Waals surface area contributed by atoms with Gasteiger partial charge in [0.2, 0.25) is 0 Å². The molecular formula is C13H18ClNO3. The number of carbonyl (C=O) groups is 1. The Balaban J connectivity index is 2.32. The molecule has 2 N–H and O–H groups in total. The molecule has 18 heavy (non-hydrogen) atoms. The molecule has 0 bridgehead atoms. The zero-order valence-corrected chi connectivity index (χ0v) is 11.2. The molecule has 0 spiro atoms. The molecule has 4 nitrogen and oxygen atoms in total. The summed E-state index contributed by atoms with van der Waals surface area (Å²) in [4.78, 5) is 11.8. The van der Waals surface area contributed by atoms with Crippen LogP contribution in [0, 0.1) is 6.92 Å². The molecule has 0 aromatic heterocycles. The SMILES string of the molecule is Cc1cc(O)ccc1C(=O)NCCCOCCCl. The van der Waals surface area contributed by atoms with E-state index in [1.807, 2.05) is 0 Å². The summed E-state index contributed by atoms with van der Waals surface area (Å²) in [7, 11) is 0. The van der Waals surface area contributed by atoms with Gasteiger partial charge in [-0.05, 0) is 37.1 Å². The highest BCUT2D eigenvalue weighted by atomic mass is 35.5. The van der Waals surface area contributed by atoms with Crippen molar-refractivity contribution in [3.8, 4) is 5.75 Å². The third-order valence-corrected chi connectivity index (χ3v) is 2.58. The number of hydrogen-bond acceptors (Lipinski definition) is 3. The first-order valence-corrected chi connectivity index (χ1v) is 6.40. The second-order valence-corrected chi connectivity index (χ2v) is 4.29. The summed E-state index contributed by atoms with van der Waals surface area (Å²) in [5.41, 5.74) is 1.33. The molecule has 0 unspecified atom stereocenters. The number of rotatable bonds is 7. The standard InChI is InChI=1S/C13H18ClNO3/c1-10-9-11(16)3-4-12(10)13(17)15-6-2-7-18-8-5-14/h3-4,9,16H,2,5-8H2,1H3,(H,15,17). The molecular weight excluding hydrogens is 254 g/mol. The maximum absolute atomic E-state index is 11.8. The highest BCUT2D eigenvalue weighted by Crippen LogP contribution is 2.15. The van der Waals surface area contributed by atoms with Crippen molar-refractivity contribution in [2.24, 2.45) is 0 Å². The Bertz CT molecular complexity index is 396. The van der Waals surface area contributed by atoms with Gasteiger partial charge in [0, 0.05) is 24.6 Å². The van der Waals surface area contributed by atoms with Crippen LogP contribution in [0.5, 0.6) is 5.75 Å². The van der Waals surface area contributed by atoms with Crippen molar-refractivity contribution >= 4 is 17.5 Å². The molecule has 5 heteroatoms. The Morgan fingerprint density at radius 2 is 2.22 bits per heavy atom. The Hall–Kier alpha value is -1.26. The average Bonchev–Trinajstić information content (AvgIpc) is 2.33. The van der Waals surface area contributed by atoms with Gasteiger partial charge < -0.3 is 15.2 Å². The molecule has 0 fully saturated rings. The third-order valence-electron chi connectivity index (χ3n) is 2.43. The quantitative estimate of drug-likeness (QED) is 0.590. The fourth-order valence-electron chi connectivity index (χ4n) is 1.53. The number of phenolic OH excluding ortho intramolecular Hbond substituents is 1. The van der Waals surface area contributed by atoms with E-state index in [1.54, 1.807) is 19.1 Å². The number of ether oxygens (including phenoxy) is 1. The van der Waals surface area contributed by atoms with E-state index in [1.165, 1.54) is 6.07 Å². The molecule has 0 saturated carbocycles. The van der Waals surface area contributed by atoms with Crippen molar-refractivity contribution in [1.82, 2.24) is 5.32 Å². The van der Waals surface area contributed by atoms with Crippen LogP contribution in [-0.4, -0.2) is 36.7 Å². The first kappa shape index (κ1) is 14.8. The molecule has 1 rings (SSSR count). The van der Waals surface area contributed by atoms with Crippen LogP contribution in [-0.2, 0) is 4.74 Å². The van der Waals surface area contributed by atoms with Gasteiger partial charge in [-0.1, -0.05) is 0 Å². The third kappa shape index (κ3) is 4.94.